The minimum Gasteiger partial charge on any atom is -0.493 e. The monoisotopic (exact) mass is 384 g/mol. The molecule has 1 aromatic heterocycles. The van der Waals surface area contributed by atoms with Crippen LogP contribution >= 0.6 is 0 Å². The van der Waals surface area contributed by atoms with Gasteiger partial charge in [-0.05, 0) is 25.1 Å². The summed E-state index contributed by atoms with van der Waals surface area (Å²) in [6, 6.07) is 10.3. The topological polar surface area (TPSA) is 84.2 Å². The molecule has 0 radical (unpaired) electrons. The molecule has 0 saturated carbocycles. The van der Waals surface area contributed by atoms with Gasteiger partial charge in [-0.1, -0.05) is 18.2 Å². The number of fused-ring (bicyclic) bond motifs is 1. The van der Waals surface area contributed by atoms with Crippen LogP contribution < -0.4 is 14.2 Å². The maximum absolute atomic E-state index is 12.5. The zero-order chi connectivity index (χ0) is 20.3. The van der Waals surface area contributed by atoms with E-state index in [4.69, 9.17) is 23.4 Å². The van der Waals surface area contributed by atoms with Crippen molar-refractivity contribution in [3.8, 4) is 17.2 Å². The summed E-state index contributed by atoms with van der Waals surface area (Å²) >= 11 is 0. The molecule has 0 bridgehead atoms. The lowest BCUT2D eigenvalue weighted by molar-refractivity contribution is 0.0445. The van der Waals surface area contributed by atoms with Crippen LogP contribution in [-0.4, -0.2) is 39.7 Å². The van der Waals surface area contributed by atoms with Gasteiger partial charge in [0.15, 0.2) is 18.1 Å². The summed E-state index contributed by atoms with van der Waals surface area (Å²) in [7, 11) is 4.38. The Morgan fingerprint density at radius 3 is 2.18 bits per heavy atom. The van der Waals surface area contributed by atoms with E-state index in [2.05, 4.69) is 0 Å². The molecule has 2 aromatic carbocycles. The fraction of sp³-hybridized carbons (Fsp3) is 0.238. The third-order valence-electron chi connectivity index (χ3n) is 4.35. The normalized spacial score (nSPS) is 10.6. The lowest BCUT2D eigenvalue weighted by Gasteiger charge is -2.13. The summed E-state index contributed by atoms with van der Waals surface area (Å²) in [5.74, 6) is 0.0144. The molecule has 0 atom stereocenters. The standard InChI is InChI=1S/C21H20O7/c1-12-14-7-5-6-8-16(14)28-19(12)21(23)27-11-15(22)13-9-17(24-2)20(26-4)18(10-13)25-3/h5-10H,11H2,1-4H3. The number of carbonyl (C=O) groups excluding carboxylic acids is 2. The lowest BCUT2D eigenvalue weighted by atomic mass is 10.1. The number of methoxy groups -OCH3 is 3. The summed E-state index contributed by atoms with van der Waals surface area (Å²) in [6.07, 6.45) is 0. The average Bonchev–Trinajstić information content (AvgIpc) is 3.07. The fourth-order valence-electron chi connectivity index (χ4n) is 2.89. The van der Waals surface area contributed by atoms with Crippen LogP contribution in [0.25, 0.3) is 11.0 Å². The summed E-state index contributed by atoms with van der Waals surface area (Å²) in [5.41, 5.74) is 1.52. The molecule has 0 unspecified atom stereocenters. The maximum Gasteiger partial charge on any atom is 0.375 e. The maximum atomic E-state index is 12.5. The highest BCUT2D eigenvalue weighted by molar-refractivity contribution is 6.01. The number of benzene rings is 2. The molecule has 3 rings (SSSR count). The van der Waals surface area contributed by atoms with E-state index in [1.165, 1.54) is 33.5 Å². The molecule has 0 amide bonds. The second-order valence-corrected chi connectivity index (χ2v) is 5.97. The number of Topliss-reactive ketones (excluding diaryl/α,β-unsaturated/α-hetero) is 1. The van der Waals surface area contributed by atoms with E-state index in [9.17, 15) is 9.59 Å². The van der Waals surface area contributed by atoms with Crippen molar-refractivity contribution in [1.29, 1.82) is 0 Å². The molecule has 3 aromatic rings. The molecule has 7 heteroatoms. The van der Waals surface area contributed by atoms with Gasteiger partial charge in [-0.15, -0.1) is 0 Å². The molecule has 0 aliphatic heterocycles. The van der Waals surface area contributed by atoms with Gasteiger partial charge in [0.2, 0.25) is 17.3 Å². The summed E-state index contributed by atoms with van der Waals surface area (Å²) in [5, 5.41) is 0.824. The molecule has 0 aliphatic carbocycles. The molecular weight excluding hydrogens is 364 g/mol. The highest BCUT2D eigenvalue weighted by Gasteiger charge is 2.22. The molecule has 1 heterocycles. The van der Waals surface area contributed by atoms with Gasteiger partial charge in [0, 0.05) is 16.5 Å². The van der Waals surface area contributed by atoms with Crippen molar-refractivity contribution >= 4 is 22.7 Å². The number of ether oxygens (including phenoxy) is 4. The number of hydrogen-bond acceptors (Lipinski definition) is 7. The fourth-order valence-corrected chi connectivity index (χ4v) is 2.89. The van der Waals surface area contributed by atoms with Crippen LogP contribution in [0.3, 0.4) is 0 Å². The number of esters is 1. The Balaban J connectivity index is 1.78. The number of furan rings is 1. The van der Waals surface area contributed by atoms with Crippen LogP contribution in [-0.2, 0) is 4.74 Å². The minimum absolute atomic E-state index is 0.0823. The van der Waals surface area contributed by atoms with Gasteiger partial charge in [-0.3, -0.25) is 4.79 Å². The zero-order valence-electron chi connectivity index (χ0n) is 16.0. The van der Waals surface area contributed by atoms with Crippen molar-refractivity contribution < 1.29 is 33.0 Å². The Morgan fingerprint density at radius 1 is 0.964 bits per heavy atom. The summed E-state index contributed by atoms with van der Waals surface area (Å²) in [6.45, 7) is 1.32. The first kappa shape index (κ1) is 19.3. The van der Waals surface area contributed by atoms with Gasteiger partial charge < -0.3 is 23.4 Å². The molecule has 0 N–H and O–H groups in total. The smallest absolute Gasteiger partial charge is 0.375 e. The average molecular weight is 384 g/mol. The van der Waals surface area contributed by atoms with Crippen molar-refractivity contribution in [2.75, 3.05) is 27.9 Å². The Labute approximate surface area is 161 Å². The Kier molecular flexibility index (Phi) is 5.54. The molecule has 0 aliphatic rings. The van der Waals surface area contributed by atoms with Gasteiger partial charge in [0.25, 0.3) is 0 Å². The third-order valence-corrected chi connectivity index (χ3v) is 4.35. The lowest BCUT2D eigenvalue weighted by Crippen LogP contribution is -2.15. The molecule has 28 heavy (non-hydrogen) atoms. The SMILES string of the molecule is COc1cc(C(=O)COC(=O)c2oc3ccccc3c2C)cc(OC)c1OC. The van der Waals surface area contributed by atoms with Gasteiger partial charge >= 0.3 is 5.97 Å². The second kappa shape index (κ2) is 8.04. The number of para-hydroxylation sites is 1. The zero-order valence-corrected chi connectivity index (χ0v) is 16.0. The van der Waals surface area contributed by atoms with Gasteiger partial charge in [0.1, 0.15) is 5.58 Å². The van der Waals surface area contributed by atoms with Gasteiger partial charge in [-0.2, -0.15) is 0 Å². The number of hydrogen-bond donors (Lipinski definition) is 0. The van der Waals surface area contributed by atoms with E-state index in [-0.39, 0.29) is 11.3 Å². The van der Waals surface area contributed by atoms with Crippen LogP contribution in [0.4, 0.5) is 0 Å². The summed E-state index contributed by atoms with van der Waals surface area (Å²) < 4.78 is 26.4. The molecule has 0 spiro atoms. The first-order chi connectivity index (χ1) is 13.5. The van der Waals surface area contributed by atoms with Crippen LogP contribution in [0.1, 0.15) is 26.5 Å². The van der Waals surface area contributed by atoms with E-state index in [0.717, 1.165) is 5.39 Å². The predicted molar refractivity (Wildman–Crippen MR) is 102 cm³/mol. The van der Waals surface area contributed by atoms with Crippen molar-refractivity contribution in [2.45, 2.75) is 6.92 Å². The van der Waals surface area contributed by atoms with Crippen LogP contribution in [0.5, 0.6) is 17.2 Å². The Bertz CT molecular complexity index is 1010. The summed E-state index contributed by atoms with van der Waals surface area (Å²) in [4.78, 5) is 24.9. The number of ketones is 1. The van der Waals surface area contributed by atoms with E-state index in [1.54, 1.807) is 13.0 Å². The van der Waals surface area contributed by atoms with Crippen LogP contribution in [0.15, 0.2) is 40.8 Å². The Morgan fingerprint density at radius 2 is 1.61 bits per heavy atom. The minimum atomic E-state index is -0.700. The molecule has 0 fully saturated rings. The molecule has 7 nitrogen and oxygen atoms in total. The quantitative estimate of drug-likeness (QED) is 0.452. The highest BCUT2D eigenvalue weighted by Crippen LogP contribution is 2.38. The van der Waals surface area contributed by atoms with Crippen molar-refractivity contribution in [3.63, 3.8) is 0 Å². The number of carbonyl (C=O) groups is 2. The van der Waals surface area contributed by atoms with E-state index >= 15 is 0 Å². The van der Waals surface area contributed by atoms with E-state index < -0.39 is 18.4 Å². The van der Waals surface area contributed by atoms with Crippen molar-refractivity contribution in [3.05, 3.63) is 53.3 Å². The van der Waals surface area contributed by atoms with E-state index in [0.29, 0.717) is 28.4 Å². The van der Waals surface area contributed by atoms with Crippen molar-refractivity contribution in [2.24, 2.45) is 0 Å². The molecule has 146 valence electrons. The largest absolute Gasteiger partial charge is 0.493 e. The second-order valence-electron chi connectivity index (χ2n) is 5.97. The Hall–Kier alpha value is -3.48. The van der Waals surface area contributed by atoms with Gasteiger partial charge in [-0.25, -0.2) is 4.79 Å². The first-order valence-electron chi connectivity index (χ1n) is 8.48. The van der Waals surface area contributed by atoms with E-state index in [1.807, 2.05) is 18.2 Å². The van der Waals surface area contributed by atoms with Gasteiger partial charge in [0.05, 0.1) is 21.3 Å². The third kappa shape index (κ3) is 3.51. The molecule has 0 saturated heterocycles. The molecular formula is C21H20O7. The number of aryl methyl sites for hydroxylation is 1. The highest BCUT2D eigenvalue weighted by atomic mass is 16.5. The first-order valence-corrected chi connectivity index (χ1v) is 8.48. The van der Waals surface area contributed by atoms with Crippen LogP contribution in [0.2, 0.25) is 0 Å². The number of rotatable bonds is 7. The predicted octanol–water partition coefficient (Wildman–Crippen LogP) is 3.81. The van der Waals surface area contributed by atoms with Crippen LogP contribution in [0, 0.1) is 6.92 Å². The van der Waals surface area contributed by atoms with Crippen molar-refractivity contribution in [1.82, 2.24) is 0 Å².